The first kappa shape index (κ1) is 16.9. The Hall–Kier alpha value is -1.47. The molecule has 122 valence electrons. The van der Waals surface area contributed by atoms with Crippen molar-refractivity contribution in [1.82, 2.24) is 5.32 Å². The molecule has 0 bridgehead atoms. The molecular weight excluding hydrogens is 328 g/mol. The van der Waals surface area contributed by atoms with E-state index in [4.69, 9.17) is 16.3 Å². The Labute approximate surface area is 135 Å². The predicted molar refractivity (Wildman–Crippen MR) is 86.0 cm³/mol. The van der Waals surface area contributed by atoms with Gasteiger partial charge in [0.1, 0.15) is 5.75 Å². The van der Waals surface area contributed by atoms with E-state index in [-0.39, 0.29) is 24.9 Å². The Morgan fingerprint density at radius 1 is 1.45 bits per heavy atom. The Bertz CT molecular complexity index is 659. The lowest BCUT2D eigenvalue weighted by Crippen LogP contribution is -2.35. The summed E-state index contributed by atoms with van der Waals surface area (Å²) in [5.41, 5.74) is 0.410. The number of methoxy groups -OCH3 is 1. The number of benzene rings is 1. The summed E-state index contributed by atoms with van der Waals surface area (Å²) >= 11 is 6.04. The van der Waals surface area contributed by atoms with Crippen molar-refractivity contribution < 1.29 is 17.9 Å². The van der Waals surface area contributed by atoms with Gasteiger partial charge in [-0.15, -0.1) is 0 Å². The van der Waals surface area contributed by atoms with E-state index in [1.807, 2.05) is 0 Å². The number of sulfonamides is 1. The molecule has 0 unspecified atom stereocenters. The van der Waals surface area contributed by atoms with Crippen LogP contribution in [0.1, 0.15) is 19.3 Å². The Morgan fingerprint density at radius 2 is 2.14 bits per heavy atom. The van der Waals surface area contributed by atoms with Crippen LogP contribution in [0.3, 0.4) is 0 Å². The second kappa shape index (κ2) is 6.75. The molecule has 2 rings (SSSR count). The van der Waals surface area contributed by atoms with Crippen LogP contribution in [0.15, 0.2) is 18.2 Å². The molecule has 1 fully saturated rings. The van der Waals surface area contributed by atoms with Gasteiger partial charge in [-0.25, -0.2) is 8.42 Å². The second-order valence-electron chi connectivity index (χ2n) is 5.25. The molecule has 1 aliphatic rings. The van der Waals surface area contributed by atoms with Gasteiger partial charge in [0.2, 0.25) is 15.9 Å². The molecule has 1 aromatic carbocycles. The lowest BCUT2D eigenvalue weighted by atomic mass is 10.3. The topological polar surface area (TPSA) is 75.7 Å². The van der Waals surface area contributed by atoms with Crippen molar-refractivity contribution in [2.45, 2.75) is 25.3 Å². The maximum atomic E-state index is 12.0. The number of hydrogen-bond donors (Lipinski definition) is 1. The highest BCUT2D eigenvalue weighted by molar-refractivity contribution is 7.92. The Kier molecular flexibility index (Phi) is 5.18. The number of hydrogen-bond acceptors (Lipinski definition) is 4. The summed E-state index contributed by atoms with van der Waals surface area (Å²) in [4.78, 5) is 11.7. The van der Waals surface area contributed by atoms with Crippen molar-refractivity contribution in [3.8, 4) is 5.75 Å². The molecule has 0 heterocycles. The molecule has 0 atom stereocenters. The average molecular weight is 347 g/mol. The van der Waals surface area contributed by atoms with Crippen molar-refractivity contribution in [2.24, 2.45) is 0 Å². The van der Waals surface area contributed by atoms with Gasteiger partial charge in [-0.2, -0.15) is 0 Å². The van der Waals surface area contributed by atoms with Gasteiger partial charge < -0.3 is 10.1 Å². The van der Waals surface area contributed by atoms with Gasteiger partial charge >= 0.3 is 0 Å². The van der Waals surface area contributed by atoms with Crippen LogP contribution in [-0.2, 0) is 14.8 Å². The van der Waals surface area contributed by atoms with Gasteiger partial charge in [0.05, 0.1) is 24.1 Å². The highest BCUT2D eigenvalue weighted by atomic mass is 35.5. The highest BCUT2D eigenvalue weighted by Gasteiger charge is 2.24. The lowest BCUT2D eigenvalue weighted by Gasteiger charge is -2.22. The summed E-state index contributed by atoms with van der Waals surface area (Å²) in [6, 6.07) is 4.97. The Balaban J connectivity index is 2.12. The first-order valence-electron chi connectivity index (χ1n) is 6.92. The van der Waals surface area contributed by atoms with E-state index < -0.39 is 10.0 Å². The SMILES string of the molecule is COc1ccc(N(CCC(=O)NC2CC2)S(C)(=O)=O)cc1Cl. The standard InChI is InChI=1S/C14H19ClN2O4S/c1-21-13-6-5-11(9-12(13)15)17(22(2,19)20)8-7-14(18)16-10-3-4-10/h5-6,9-10H,3-4,7-8H2,1-2H3,(H,16,18). The first-order chi connectivity index (χ1) is 10.3. The third-order valence-corrected chi connectivity index (χ3v) is 4.80. The molecular formula is C14H19ClN2O4S. The number of rotatable bonds is 7. The fourth-order valence-electron chi connectivity index (χ4n) is 2.03. The molecule has 0 aromatic heterocycles. The lowest BCUT2D eigenvalue weighted by molar-refractivity contribution is -0.121. The Morgan fingerprint density at radius 3 is 2.64 bits per heavy atom. The average Bonchev–Trinajstić information content (AvgIpc) is 3.21. The number of nitrogens with one attached hydrogen (secondary N) is 1. The molecule has 8 heteroatoms. The van der Waals surface area contributed by atoms with E-state index in [9.17, 15) is 13.2 Å². The van der Waals surface area contributed by atoms with Crippen molar-refractivity contribution in [2.75, 3.05) is 24.2 Å². The number of amides is 1. The zero-order valence-corrected chi connectivity index (χ0v) is 14.1. The number of carbonyl (C=O) groups is 1. The summed E-state index contributed by atoms with van der Waals surface area (Å²) in [6.07, 6.45) is 3.20. The van der Waals surface area contributed by atoms with Gasteiger partial charge in [0, 0.05) is 19.0 Å². The number of ether oxygens (including phenoxy) is 1. The minimum atomic E-state index is -3.51. The minimum Gasteiger partial charge on any atom is -0.495 e. The van der Waals surface area contributed by atoms with Crippen molar-refractivity contribution in [3.05, 3.63) is 23.2 Å². The third kappa shape index (κ3) is 4.51. The molecule has 0 saturated heterocycles. The first-order valence-corrected chi connectivity index (χ1v) is 9.14. The van der Waals surface area contributed by atoms with Crippen LogP contribution >= 0.6 is 11.6 Å². The van der Waals surface area contributed by atoms with Crippen molar-refractivity contribution in [1.29, 1.82) is 0 Å². The van der Waals surface area contributed by atoms with Gasteiger partial charge in [-0.3, -0.25) is 9.10 Å². The summed E-state index contributed by atoms with van der Waals surface area (Å²) in [7, 11) is -2.03. The molecule has 0 aliphatic heterocycles. The highest BCUT2D eigenvalue weighted by Crippen LogP contribution is 2.30. The summed E-state index contributed by atoms with van der Waals surface area (Å²) in [5.74, 6) is 0.320. The number of carbonyl (C=O) groups excluding carboxylic acids is 1. The van der Waals surface area contributed by atoms with Crippen molar-refractivity contribution >= 4 is 33.2 Å². The summed E-state index contributed by atoms with van der Waals surface area (Å²) in [5, 5.41) is 3.15. The van der Waals surface area contributed by atoms with Crippen LogP contribution in [0.5, 0.6) is 5.75 Å². The molecule has 1 aromatic rings. The van der Waals surface area contributed by atoms with E-state index in [0.717, 1.165) is 19.1 Å². The van der Waals surface area contributed by atoms with E-state index in [0.29, 0.717) is 16.5 Å². The zero-order chi connectivity index (χ0) is 16.3. The maximum Gasteiger partial charge on any atom is 0.232 e. The van der Waals surface area contributed by atoms with Crippen LogP contribution in [0.2, 0.25) is 5.02 Å². The smallest absolute Gasteiger partial charge is 0.232 e. The van der Waals surface area contributed by atoms with Gasteiger partial charge in [-0.1, -0.05) is 11.6 Å². The second-order valence-corrected chi connectivity index (χ2v) is 7.56. The largest absolute Gasteiger partial charge is 0.495 e. The molecule has 1 N–H and O–H groups in total. The predicted octanol–water partition coefficient (Wildman–Crippen LogP) is 1.78. The number of halogens is 1. The molecule has 1 saturated carbocycles. The normalized spacial score (nSPS) is 14.5. The molecule has 0 spiro atoms. The molecule has 22 heavy (non-hydrogen) atoms. The fraction of sp³-hybridized carbons (Fsp3) is 0.500. The van der Waals surface area contributed by atoms with Gasteiger partial charge in [-0.05, 0) is 31.0 Å². The van der Waals surface area contributed by atoms with Gasteiger partial charge in [0.15, 0.2) is 0 Å². The van der Waals surface area contributed by atoms with Crippen LogP contribution < -0.4 is 14.4 Å². The molecule has 1 amide bonds. The quantitative estimate of drug-likeness (QED) is 0.816. The summed E-state index contributed by atoms with van der Waals surface area (Å²) in [6.45, 7) is 0.0695. The van der Waals surface area contributed by atoms with Crippen molar-refractivity contribution in [3.63, 3.8) is 0 Å². The van der Waals surface area contributed by atoms with E-state index >= 15 is 0 Å². The molecule has 1 aliphatic carbocycles. The molecule has 0 radical (unpaired) electrons. The minimum absolute atomic E-state index is 0.0695. The van der Waals surface area contributed by atoms with Crippen LogP contribution in [0, 0.1) is 0 Å². The van der Waals surface area contributed by atoms with Gasteiger partial charge in [0.25, 0.3) is 0 Å². The third-order valence-electron chi connectivity index (χ3n) is 3.31. The van der Waals surface area contributed by atoms with E-state index in [1.165, 1.54) is 17.5 Å². The molecule has 6 nitrogen and oxygen atoms in total. The van der Waals surface area contributed by atoms with Crippen LogP contribution in [0.4, 0.5) is 5.69 Å². The zero-order valence-electron chi connectivity index (χ0n) is 12.5. The number of anilines is 1. The van der Waals surface area contributed by atoms with E-state index in [1.54, 1.807) is 12.1 Å². The number of nitrogens with zero attached hydrogens (tertiary/aromatic N) is 1. The van der Waals surface area contributed by atoms with E-state index in [2.05, 4.69) is 5.32 Å². The van der Waals surface area contributed by atoms with Crippen LogP contribution in [0.25, 0.3) is 0 Å². The monoisotopic (exact) mass is 346 g/mol. The summed E-state index contributed by atoms with van der Waals surface area (Å²) < 4.78 is 30.2. The fourth-order valence-corrected chi connectivity index (χ4v) is 3.20. The maximum absolute atomic E-state index is 12.0. The van der Waals surface area contributed by atoms with Crippen LogP contribution in [-0.4, -0.2) is 40.3 Å².